The zero-order valence-corrected chi connectivity index (χ0v) is 13.5. The number of quaternary nitrogens is 1. The van der Waals surface area contributed by atoms with Gasteiger partial charge in [-0.05, 0) is 29.8 Å². The van der Waals surface area contributed by atoms with E-state index in [4.69, 9.17) is 10.00 Å². The Kier molecular flexibility index (Phi) is 8.29. The third-order valence-electron chi connectivity index (χ3n) is 2.84. The van der Waals surface area contributed by atoms with E-state index >= 15 is 0 Å². The van der Waals surface area contributed by atoms with E-state index in [-0.39, 0.29) is 19.1 Å². The molecule has 0 aliphatic heterocycles. The van der Waals surface area contributed by atoms with Crippen molar-refractivity contribution in [2.75, 3.05) is 11.9 Å². The number of esters is 1. The number of rotatable bonds is 5. The number of amides is 1. The minimum Gasteiger partial charge on any atom is -0.457 e. The van der Waals surface area contributed by atoms with E-state index < -0.39 is 5.97 Å². The van der Waals surface area contributed by atoms with Gasteiger partial charge in [0, 0.05) is 12.6 Å². The minimum absolute atomic E-state index is 0.168. The summed E-state index contributed by atoms with van der Waals surface area (Å²) in [4.78, 5) is 23.1. The third kappa shape index (κ3) is 6.73. The highest BCUT2D eigenvalue weighted by molar-refractivity contribution is 5.93. The molecule has 124 valence electrons. The molecule has 24 heavy (non-hydrogen) atoms. The second-order valence-electron chi connectivity index (χ2n) is 4.66. The number of benzene rings is 2. The number of hydrogen-bond acceptors (Lipinski definition) is 4. The van der Waals surface area contributed by atoms with Gasteiger partial charge in [0.1, 0.15) is 6.61 Å². The zero-order chi connectivity index (χ0) is 17.8. The normalized spacial score (nSPS) is 9.04. The molecule has 2 aromatic rings. The molecule has 0 unspecified atom stereocenters. The summed E-state index contributed by atoms with van der Waals surface area (Å²) in [5.74, 6) is -0.566. The summed E-state index contributed by atoms with van der Waals surface area (Å²) < 4.78 is 5.22. The van der Waals surface area contributed by atoms with Crippen molar-refractivity contribution in [1.82, 2.24) is 0 Å². The number of nitrogens with one attached hydrogen (secondary N) is 1. The molecular formula is C18H20N3O3+. The SMILES string of the molecule is CC#N.[NH3+]CC(=O)Nc1ccc(C(=O)OCc2ccccc2)cc1. The lowest BCUT2D eigenvalue weighted by Crippen LogP contribution is -2.55. The largest absolute Gasteiger partial charge is 0.457 e. The quantitative estimate of drug-likeness (QED) is 0.816. The Bertz CT molecular complexity index is 692. The lowest BCUT2D eigenvalue weighted by atomic mass is 10.2. The molecule has 2 aromatic carbocycles. The van der Waals surface area contributed by atoms with Gasteiger partial charge < -0.3 is 15.8 Å². The van der Waals surface area contributed by atoms with Gasteiger partial charge in [0.25, 0.3) is 5.91 Å². The molecule has 0 aromatic heterocycles. The molecule has 0 fully saturated rings. The topological polar surface area (TPSA) is 107 Å². The van der Waals surface area contributed by atoms with Gasteiger partial charge in [0.2, 0.25) is 0 Å². The van der Waals surface area contributed by atoms with Crippen LogP contribution in [0.3, 0.4) is 0 Å². The van der Waals surface area contributed by atoms with Gasteiger partial charge in [0.15, 0.2) is 6.54 Å². The molecule has 0 spiro atoms. The van der Waals surface area contributed by atoms with Crippen LogP contribution in [0.15, 0.2) is 54.6 Å². The van der Waals surface area contributed by atoms with E-state index in [0.717, 1.165) is 5.56 Å². The van der Waals surface area contributed by atoms with Crippen molar-refractivity contribution in [1.29, 1.82) is 5.26 Å². The smallest absolute Gasteiger partial charge is 0.338 e. The Morgan fingerprint density at radius 2 is 1.71 bits per heavy atom. The molecule has 0 heterocycles. The predicted molar refractivity (Wildman–Crippen MR) is 89.7 cm³/mol. The molecular weight excluding hydrogens is 306 g/mol. The predicted octanol–water partition coefficient (Wildman–Crippen LogP) is 1.75. The van der Waals surface area contributed by atoms with Crippen molar-refractivity contribution in [3.8, 4) is 6.07 Å². The first-order valence-corrected chi connectivity index (χ1v) is 7.31. The average molecular weight is 326 g/mol. The fourth-order valence-corrected chi connectivity index (χ4v) is 1.72. The molecule has 2 rings (SSSR count). The number of hydrogen-bond donors (Lipinski definition) is 2. The Hall–Kier alpha value is -3.17. The molecule has 4 N–H and O–H groups in total. The summed E-state index contributed by atoms with van der Waals surface area (Å²) in [6, 6.07) is 17.8. The third-order valence-corrected chi connectivity index (χ3v) is 2.84. The van der Waals surface area contributed by atoms with Gasteiger partial charge in [-0.1, -0.05) is 30.3 Å². The summed E-state index contributed by atoms with van der Waals surface area (Å²) in [6.45, 7) is 1.83. The fraction of sp³-hybridized carbons (Fsp3) is 0.167. The Morgan fingerprint density at radius 1 is 1.12 bits per heavy atom. The van der Waals surface area contributed by atoms with Gasteiger partial charge >= 0.3 is 5.97 Å². The Morgan fingerprint density at radius 3 is 2.25 bits per heavy atom. The van der Waals surface area contributed by atoms with Crippen LogP contribution in [0.4, 0.5) is 5.69 Å². The van der Waals surface area contributed by atoms with Gasteiger partial charge in [0.05, 0.1) is 11.6 Å². The Balaban J connectivity index is 0.000000891. The number of nitriles is 1. The molecule has 0 aliphatic rings. The minimum atomic E-state index is -0.395. The average Bonchev–Trinajstić information content (AvgIpc) is 2.62. The lowest BCUT2D eigenvalue weighted by Gasteiger charge is -2.06. The lowest BCUT2D eigenvalue weighted by molar-refractivity contribution is -0.353. The van der Waals surface area contributed by atoms with Crippen LogP contribution in [0.1, 0.15) is 22.8 Å². The van der Waals surface area contributed by atoms with E-state index in [1.54, 1.807) is 30.3 Å². The highest BCUT2D eigenvalue weighted by Gasteiger charge is 2.08. The molecule has 0 saturated carbocycles. The van der Waals surface area contributed by atoms with E-state index in [1.807, 2.05) is 30.3 Å². The molecule has 0 aliphatic carbocycles. The van der Waals surface area contributed by atoms with E-state index in [1.165, 1.54) is 6.92 Å². The zero-order valence-electron chi connectivity index (χ0n) is 13.5. The van der Waals surface area contributed by atoms with Crippen LogP contribution in [0.2, 0.25) is 0 Å². The highest BCUT2D eigenvalue weighted by atomic mass is 16.5. The molecule has 6 heteroatoms. The first-order valence-electron chi connectivity index (χ1n) is 7.31. The maximum atomic E-state index is 11.9. The highest BCUT2D eigenvalue weighted by Crippen LogP contribution is 2.11. The Labute approximate surface area is 140 Å². The number of anilines is 1. The molecule has 0 bridgehead atoms. The van der Waals surface area contributed by atoms with Crippen molar-refractivity contribution in [2.45, 2.75) is 13.5 Å². The van der Waals surface area contributed by atoms with Crippen LogP contribution in [-0.4, -0.2) is 18.4 Å². The standard InChI is InChI=1S/C16H16N2O3.C2H3N/c17-10-15(19)18-14-8-6-13(7-9-14)16(20)21-11-12-4-2-1-3-5-12;1-2-3/h1-9H,10-11,17H2,(H,18,19);1H3/p+1. The number of carbonyl (C=O) groups is 2. The van der Waals surface area contributed by atoms with Crippen molar-refractivity contribution in [3.63, 3.8) is 0 Å². The van der Waals surface area contributed by atoms with Crippen LogP contribution in [0.5, 0.6) is 0 Å². The molecule has 0 atom stereocenters. The number of nitrogens with zero attached hydrogens (tertiary/aromatic N) is 1. The van der Waals surface area contributed by atoms with Gasteiger partial charge in [-0.2, -0.15) is 5.26 Å². The molecule has 1 amide bonds. The monoisotopic (exact) mass is 326 g/mol. The summed E-state index contributed by atoms with van der Waals surface area (Å²) in [5.41, 5.74) is 5.50. The summed E-state index contributed by atoms with van der Waals surface area (Å²) in [6.07, 6.45) is 0. The van der Waals surface area contributed by atoms with Crippen LogP contribution in [0.25, 0.3) is 0 Å². The second-order valence-corrected chi connectivity index (χ2v) is 4.66. The van der Waals surface area contributed by atoms with Crippen molar-refractivity contribution in [2.24, 2.45) is 0 Å². The van der Waals surface area contributed by atoms with Crippen LogP contribution >= 0.6 is 0 Å². The molecule has 6 nitrogen and oxygen atoms in total. The van der Waals surface area contributed by atoms with Crippen molar-refractivity contribution < 1.29 is 20.1 Å². The van der Waals surface area contributed by atoms with E-state index in [9.17, 15) is 9.59 Å². The maximum absolute atomic E-state index is 11.9. The molecule has 0 radical (unpaired) electrons. The summed E-state index contributed by atoms with van der Waals surface area (Å²) in [5, 5.41) is 9.98. The fourth-order valence-electron chi connectivity index (χ4n) is 1.72. The van der Waals surface area contributed by atoms with E-state index in [2.05, 4.69) is 11.1 Å². The summed E-state index contributed by atoms with van der Waals surface area (Å²) >= 11 is 0. The van der Waals surface area contributed by atoms with Gasteiger partial charge in [-0.25, -0.2) is 4.79 Å². The molecule has 0 saturated heterocycles. The van der Waals surface area contributed by atoms with Crippen LogP contribution < -0.4 is 11.1 Å². The van der Waals surface area contributed by atoms with Crippen molar-refractivity contribution >= 4 is 17.6 Å². The van der Waals surface area contributed by atoms with Gasteiger partial charge in [-0.3, -0.25) is 4.79 Å². The van der Waals surface area contributed by atoms with Crippen LogP contribution in [-0.2, 0) is 16.1 Å². The van der Waals surface area contributed by atoms with Gasteiger partial charge in [-0.15, -0.1) is 0 Å². The number of ether oxygens (including phenoxy) is 1. The number of carbonyl (C=O) groups excluding carboxylic acids is 2. The first kappa shape index (κ1) is 18.9. The first-order chi connectivity index (χ1) is 11.6. The van der Waals surface area contributed by atoms with Crippen LogP contribution in [0, 0.1) is 11.3 Å². The van der Waals surface area contributed by atoms with E-state index in [0.29, 0.717) is 11.3 Å². The van der Waals surface area contributed by atoms with Crippen molar-refractivity contribution in [3.05, 3.63) is 65.7 Å². The second kappa shape index (κ2) is 10.5. The maximum Gasteiger partial charge on any atom is 0.338 e. The summed E-state index contributed by atoms with van der Waals surface area (Å²) in [7, 11) is 0.